The molecule has 1 unspecified atom stereocenters. The predicted molar refractivity (Wildman–Crippen MR) is 63.4 cm³/mol. The fourth-order valence-corrected chi connectivity index (χ4v) is 1.64. The average molecular weight is 243 g/mol. The van der Waals surface area contributed by atoms with Gasteiger partial charge in [-0.25, -0.2) is 0 Å². The first-order valence-corrected chi connectivity index (χ1v) is 6.03. The Balaban J connectivity index is 2.16. The summed E-state index contributed by atoms with van der Waals surface area (Å²) in [5.41, 5.74) is 0. The molecule has 6 heteroatoms. The molecule has 0 radical (unpaired) electrons. The first kappa shape index (κ1) is 13.9. The number of amides is 2. The summed E-state index contributed by atoms with van der Waals surface area (Å²) in [6, 6.07) is 0. The number of nitrogens with one attached hydrogen (secondary N) is 2. The molecule has 98 valence electrons. The zero-order valence-electron chi connectivity index (χ0n) is 10.2. The minimum Gasteiger partial charge on any atom is -0.392 e. The van der Waals surface area contributed by atoms with Gasteiger partial charge in [-0.15, -0.1) is 0 Å². The van der Waals surface area contributed by atoms with Crippen LogP contribution in [0.1, 0.15) is 19.8 Å². The maximum atomic E-state index is 11.7. The molecule has 0 spiro atoms. The summed E-state index contributed by atoms with van der Waals surface area (Å²) in [7, 11) is 0. The van der Waals surface area contributed by atoms with Crippen molar-refractivity contribution in [3.63, 3.8) is 0 Å². The number of aliphatic hydroxyl groups excluding tert-OH is 1. The van der Waals surface area contributed by atoms with Crippen molar-refractivity contribution in [1.29, 1.82) is 0 Å². The second-order valence-corrected chi connectivity index (χ2v) is 4.28. The highest BCUT2D eigenvalue weighted by Gasteiger charge is 2.16. The van der Waals surface area contributed by atoms with Crippen LogP contribution in [0.2, 0.25) is 0 Å². The lowest BCUT2D eigenvalue weighted by atomic mass is 10.2. The van der Waals surface area contributed by atoms with Crippen molar-refractivity contribution in [2.75, 3.05) is 32.7 Å². The molecule has 6 nitrogen and oxygen atoms in total. The van der Waals surface area contributed by atoms with E-state index in [9.17, 15) is 9.59 Å². The summed E-state index contributed by atoms with van der Waals surface area (Å²) in [4.78, 5) is 24.8. The van der Waals surface area contributed by atoms with E-state index in [1.165, 1.54) is 0 Å². The lowest BCUT2D eigenvalue weighted by Crippen LogP contribution is -2.46. The molecule has 1 fully saturated rings. The third-order valence-electron chi connectivity index (χ3n) is 2.63. The number of carbonyl (C=O) groups excluding carboxylic acids is 2. The van der Waals surface area contributed by atoms with Crippen LogP contribution in [-0.4, -0.2) is 60.6 Å². The molecular formula is C11H21N3O3. The Kier molecular flexibility index (Phi) is 5.93. The zero-order valence-corrected chi connectivity index (χ0v) is 10.2. The van der Waals surface area contributed by atoms with Crippen molar-refractivity contribution in [2.45, 2.75) is 25.9 Å². The summed E-state index contributed by atoms with van der Waals surface area (Å²) < 4.78 is 0. The van der Waals surface area contributed by atoms with Gasteiger partial charge in [-0.1, -0.05) is 0 Å². The van der Waals surface area contributed by atoms with Gasteiger partial charge >= 0.3 is 0 Å². The predicted octanol–water partition coefficient (Wildman–Crippen LogP) is -1.30. The molecule has 0 aromatic rings. The molecule has 3 N–H and O–H groups in total. The summed E-state index contributed by atoms with van der Waals surface area (Å²) in [5.74, 6) is -0.159. The van der Waals surface area contributed by atoms with E-state index in [2.05, 4.69) is 10.6 Å². The Morgan fingerprint density at radius 1 is 1.35 bits per heavy atom. The van der Waals surface area contributed by atoms with E-state index in [1.807, 2.05) is 0 Å². The van der Waals surface area contributed by atoms with Crippen molar-refractivity contribution in [2.24, 2.45) is 0 Å². The molecule has 2 amide bonds. The molecule has 0 saturated carbocycles. The minimum atomic E-state index is -0.553. The Morgan fingerprint density at radius 3 is 2.59 bits per heavy atom. The van der Waals surface area contributed by atoms with Crippen molar-refractivity contribution in [1.82, 2.24) is 15.5 Å². The standard InChI is InChI=1S/C11H21N3O3/c1-9(15)8-13-10(16)2-3-11(17)14-6-4-12-5-7-14/h9,12,15H,2-8H2,1H3,(H,13,16). The zero-order chi connectivity index (χ0) is 12.7. The monoisotopic (exact) mass is 243 g/mol. The van der Waals surface area contributed by atoms with E-state index in [0.717, 1.165) is 13.1 Å². The topological polar surface area (TPSA) is 81.7 Å². The first-order chi connectivity index (χ1) is 8.09. The fraction of sp³-hybridized carbons (Fsp3) is 0.818. The number of rotatable bonds is 5. The molecule has 0 aliphatic carbocycles. The van der Waals surface area contributed by atoms with E-state index in [-0.39, 0.29) is 31.2 Å². The maximum absolute atomic E-state index is 11.7. The number of nitrogens with zero attached hydrogens (tertiary/aromatic N) is 1. The van der Waals surface area contributed by atoms with Crippen LogP contribution in [0.4, 0.5) is 0 Å². The van der Waals surface area contributed by atoms with Gasteiger partial charge in [-0.2, -0.15) is 0 Å². The molecule has 0 bridgehead atoms. The Morgan fingerprint density at radius 2 is 2.00 bits per heavy atom. The van der Waals surface area contributed by atoms with Gasteiger partial charge in [0.15, 0.2) is 0 Å². The highest BCUT2D eigenvalue weighted by Crippen LogP contribution is 2.00. The third-order valence-corrected chi connectivity index (χ3v) is 2.63. The van der Waals surface area contributed by atoms with Crippen LogP contribution >= 0.6 is 0 Å². The van der Waals surface area contributed by atoms with Crippen LogP contribution in [0.3, 0.4) is 0 Å². The summed E-state index contributed by atoms with van der Waals surface area (Å²) in [6.45, 7) is 4.91. The lowest BCUT2D eigenvalue weighted by Gasteiger charge is -2.27. The van der Waals surface area contributed by atoms with Gasteiger partial charge in [0.25, 0.3) is 0 Å². The number of hydrogen-bond acceptors (Lipinski definition) is 4. The van der Waals surface area contributed by atoms with Gasteiger partial charge in [0.2, 0.25) is 11.8 Å². The van der Waals surface area contributed by atoms with E-state index in [4.69, 9.17) is 5.11 Å². The maximum Gasteiger partial charge on any atom is 0.223 e. The molecule has 1 saturated heterocycles. The summed E-state index contributed by atoms with van der Waals surface area (Å²) in [5, 5.41) is 14.7. The third kappa shape index (κ3) is 5.65. The smallest absolute Gasteiger partial charge is 0.223 e. The molecule has 0 aromatic heterocycles. The van der Waals surface area contributed by atoms with Crippen molar-refractivity contribution < 1.29 is 14.7 Å². The molecule has 1 aliphatic heterocycles. The summed E-state index contributed by atoms with van der Waals surface area (Å²) in [6.07, 6.45) is -0.121. The fourth-order valence-electron chi connectivity index (χ4n) is 1.64. The minimum absolute atomic E-state index is 0.0266. The number of piperazine rings is 1. The SMILES string of the molecule is CC(O)CNC(=O)CCC(=O)N1CCNCC1. The number of hydrogen-bond donors (Lipinski definition) is 3. The van der Waals surface area contributed by atoms with Gasteiger partial charge in [0.05, 0.1) is 6.10 Å². The van der Waals surface area contributed by atoms with Crippen LogP contribution in [0.5, 0.6) is 0 Å². The highest BCUT2D eigenvalue weighted by molar-refractivity contribution is 5.83. The molecule has 1 rings (SSSR count). The van der Waals surface area contributed by atoms with Crippen molar-refractivity contribution >= 4 is 11.8 Å². The van der Waals surface area contributed by atoms with Crippen molar-refractivity contribution in [3.8, 4) is 0 Å². The highest BCUT2D eigenvalue weighted by atomic mass is 16.3. The van der Waals surface area contributed by atoms with Gasteiger partial charge < -0.3 is 20.6 Å². The first-order valence-electron chi connectivity index (χ1n) is 6.03. The number of carbonyl (C=O) groups is 2. The van der Waals surface area contributed by atoms with E-state index in [0.29, 0.717) is 13.1 Å². The lowest BCUT2D eigenvalue weighted by molar-refractivity contribution is -0.134. The van der Waals surface area contributed by atoms with Crippen LogP contribution in [0.25, 0.3) is 0 Å². The second kappa shape index (κ2) is 7.24. The molecule has 17 heavy (non-hydrogen) atoms. The molecular weight excluding hydrogens is 222 g/mol. The summed E-state index contributed by atoms with van der Waals surface area (Å²) >= 11 is 0. The quantitative estimate of drug-likeness (QED) is 0.560. The van der Waals surface area contributed by atoms with E-state index >= 15 is 0 Å². The Labute approximate surface area is 101 Å². The molecule has 0 aromatic carbocycles. The van der Waals surface area contributed by atoms with E-state index in [1.54, 1.807) is 11.8 Å². The Bertz CT molecular complexity index is 263. The molecule has 1 heterocycles. The van der Waals surface area contributed by atoms with Gasteiger partial charge in [-0.3, -0.25) is 9.59 Å². The van der Waals surface area contributed by atoms with Crippen molar-refractivity contribution in [3.05, 3.63) is 0 Å². The second-order valence-electron chi connectivity index (χ2n) is 4.28. The van der Waals surface area contributed by atoms with Gasteiger partial charge in [0, 0.05) is 45.6 Å². The normalized spacial score (nSPS) is 17.6. The van der Waals surface area contributed by atoms with Crippen LogP contribution in [0, 0.1) is 0 Å². The Hall–Kier alpha value is -1.14. The van der Waals surface area contributed by atoms with Gasteiger partial charge in [-0.05, 0) is 6.92 Å². The van der Waals surface area contributed by atoms with Crippen LogP contribution in [0.15, 0.2) is 0 Å². The van der Waals surface area contributed by atoms with E-state index < -0.39 is 6.10 Å². The van der Waals surface area contributed by atoms with Crippen LogP contribution in [-0.2, 0) is 9.59 Å². The molecule has 1 atom stereocenters. The van der Waals surface area contributed by atoms with Gasteiger partial charge in [0.1, 0.15) is 0 Å². The molecule has 1 aliphatic rings. The number of aliphatic hydroxyl groups is 1. The largest absolute Gasteiger partial charge is 0.392 e. The van der Waals surface area contributed by atoms with Crippen LogP contribution < -0.4 is 10.6 Å². The average Bonchev–Trinajstić information content (AvgIpc) is 2.34.